The minimum absolute atomic E-state index is 0.215. The molecule has 1 nitrogen and oxygen atoms in total. The monoisotopic (exact) mass is 372 g/mol. The van der Waals surface area contributed by atoms with Crippen molar-refractivity contribution in [2.75, 3.05) is 0 Å². The largest absolute Gasteiger partial charge is 0.294 e. The molecule has 0 heterocycles. The highest BCUT2D eigenvalue weighted by molar-refractivity contribution is 9.11. The number of aryl methyl sites for hydroxylation is 1. The molecular weight excluding hydrogens is 356 g/mol. The first-order valence-electron chi connectivity index (χ1n) is 6.49. The highest BCUT2D eigenvalue weighted by atomic mass is 79.9. The minimum Gasteiger partial charge on any atom is -0.294 e. The van der Waals surface area contributed by atoms with E-state index in [4.69, 9.17) is 0 Å². The molecule has 1 aliphatic carbocycles. The highest BCUT2D eigenvalue weighted by Crippen LogP contribution is 2.34. The molecule has 1 fully saturated rings. The van der Waals surface area contributed by atoms with Crippen molar-refractivity contribution in [3.8, 4) is 0 Å². The molecule has 0 N–H and O–H groups in total. The third-order valence-corrected chi connectivity index (χ3v) is 5.41. The number of rotatable bonds is 2. The van der Waals surface area contributed by atoms with Gasteiger partial charge in [0.2, 0.25) is 0 Å². The fraction of sp³-hybridized carbons (Fsp3) is 0.533. The first-order valence-corrected chi connectivity index (χ1v) is 8.07. The van der Waals surface area contributed by atoms with Crippen LogP contribution in [0.15, 0.2) is 21.1 Å². The third kappa shape index (κ3) is 3.05. The Labute approximate surface area is 126 Å². The predicted molar refractivity (Wildman–Crippen MR) is 82.0 cm³/mol. The second-order valence-electron chi connectivity index (χ2n) is 5.40. The molecule has 3 heteroatoms. The van der Waals surface area contributed by atoms with E-state index in [1.54, 1.807) is 0 Å². The van der Waals surface area contributed by atoms with Crippen LogP contribution >= 0.6 is 31.9 Å². The molecule has 1 aromatic rings. The van der Waals surface area contributed by atoms with Gasteiger partial charge in [0.05, 0.1) is 0 Å². The van der Waals surface area contributed by atoms with Crippen LogP contribution in [0.1, 0.15) is 48.5 Å². The SMILES string of the molecule is Cc1cc(Br)c(C(=O)C2CCC(C)CC2)cc1Br. The molecule has 0 saturated heterocycles. The van der Waals surface area contributed by atoms with Crippen molar-refractivity contribution >= 4 is 37.6 Å². The Kier molecular flexibility index (Phi) is 4.65. The summed E-state index contributed by atoms with van der Waals surface area (Å²) in [5, 5.41) is 0. The molecular formula is C15H18Br2O. The highest BCUT2D eigenvalue weighted by Gasteiger charge is 2.26. The van der Waals surface area contributed by atoms with Crippen molar-refractivity contribution in [1.82, 2.24) is 0 Å². The van der Waals surface area contributed by atoms with Gasteiger partial charge in [-0.1, -0.05) is 51.6 Å². The lowest BCUT2D eigenvalue weighted by atomic mass is 9.79. The van der Waals surface area contributed by atoms with Gasteiger partial charge < -0.3 is 0 Å². The average Bonchev–Trinajstić information content (AvgIpc) is 2.34. The third-order valence-electron chi connectivity index (χ3n) is 3.90. The van der Waals surface area contributed by atoms with Crippen molar-refractivity contribution in [3.63, 3.8) is 0 Å². The summed E-state index contributed by atoms with van der Waals surface area (Å²) in [5.41, 5.74) is 1.97. The molecule has 0 radical (unpaired) electrons. The number of ketones is 1. The van der Waals surface area contributed by atoms with Gasteiger partial charge in [0.15, 0.2) is 5.78 Å². The summed E-state index contributed by atoms with van der Waals surface area (Å²) < 4.78 is 1.94. The minimum atomic E-state index is 0.215. The van der Waals surface area contributed by atoms with E-state index in [9.17, 15) is 4.79 Å². The van der Waals surface area contributed by atoms with Gasteiger partial charge in [-0.2, -0.15) is 0 Å². The Balaban J connectivity index is 2.21. The number of hydrogen-bond donors (Lipinski definition) is 0. The second-order valence-corrected chi connectivity index (χ2v) is 7.11. The number of halogens is 2. The fourth-order valence-corrected chi connectivity index (χ4v) is 3.57. The fourth-order valence-electron chi connectivity index (χ4n) is 2.58. The summed E-state index contributed by atoms with van der Waals surface area (Å²) >= 11 is 7.03. The van der Waals surface area contributed by atoms with Crippen LogP contribution in [0.3, 0.4) is 0 Å². The zero-order chi connectivity index (χ0) is 13.3. The molecule has 1 saturated carbocycles. The van der Waals surface area contributed by atoms with E-state index in [-0.39, 0.29) is 5.92 Å². The van der Waals surface area contributed by atoms with E-state index in [0.29, 0.717) is 5.78 Å². The first-order chi connectivity index (χ1) is 8.49. The van der Waals surface area contributed by atoms with Gasteiger partial charge in [-0.3, -0.25) is 4.79 Å². The van der Waals surface area contributed by atoms with E-state index in [1.165, 1.54) is 12.8 Å². The zero-order valence-corrected chi connectivity index (χ0v) is 14.0. The van der Waals surface area contributed by atoms with Crippen LogP contribution in [-0.2, 0) is 0 Å². The lowest BCUT2D eigenvalue weighted by molar-refractivity contribution is 0.0875. The Morgan fingerprint density at radius 3 is 2.33 bits per heavy atom. The average molecular weight is 374 g/mol. The van der Waals surface area contributed by atoms with Crippen LogP contribution in [0.2, 0.25) is 0 Å². The molecule has 18 heavy (non-hydrogen) atoms. The Morgan fingerprint density at radius 1 is 1.11 bits per heavy atom. The second kappa shape index (κ2) is 5.87. The molecule has 0 atom stereocenters. The maximum atomic E-state index is 12.5. The van der Waals surface area contributed by atoms with Crippen molar-refractivity contribution < 1.29 is 4.79 Å². The zero-order valence-electron chi connectivity index (χ0n) is 10.8. The van der Waals surface area contributed by atoms with E-state index < -0.39 is 0 Å². The van der Waals surface area contributed by atoms with E-state index in [2.05, 4.69) is 38.8 Å². The van der Waals surface area contributed by atoms with Crippen molar-refractivity contribution in [3.05, 3.63) is 32.2 Å². The molecule has 1 aromatic carbocycles. The summed E-state index contributed by atoms with van der Waals surface area (Å²) in [6.45, 7) is 4.31. The number of hydrogen-bond acceptors (Lipinski definition) is 1. The van der Waals surface area contributed by atoms with Crippen LogP contribution in [0, 0.1) is 18.8 Å². The summed E-state index contributed by atoms with van der Waals surface area (Å²) in [7, 11) is 0. The predicted octanol–water partition coefficient (Wildman–Crippen LogP) is 5.53. The summed E-state index contributed by atoms with van der Waals surface area (Å²) in [6.07, 6.45) is 4.44. The molecule has 0 amide bonds. The molecule has 1 aliphatic rings. The van der Waals surface area contributed by atoms with E-state index in [1.807, 2.05) is 19.1 Å². The molecule has 2 rings (SSSR count). The van der Waals surface area contributed by atoms with Gasteiger partial charge in [-0.05, 0) is 43.4 Å². The normalized spacial score (nSPS) is 24.0. The number of Topliss-reactive ketones (excluding diaryl/α,β-unsaturated/α-hetero) is 1. The quantitative estimate of drug-likeness (QED) is 0.623. The van der Waals surface area contributed by atoms with Crippen LogP contribution in [0.5, 0.6) is 0 Å². The smallest absolute Gasteiger partial charge is 0.167 e. The summed E-state index contributed by atoms with van der Waals surface area (Å²) in [5.74, 6) is 1.30. The molecule has 0 aromatic heterocycles. The van der Waals surface area contributed by atoms with Crippen LogP contribution in [0.4, 0.5) is 0 Å². The number of benzene rings is 1. The van der Waals surface area contributed by atoms with Gasteiger partial charge in [0, 0.05) is 20.4 Å². The number of carbonyl (C=O) groups excluding carboxylic acids is 1. The molecule has 0 spiro atoms. The maximum Gasteiger partial charge on any atom is 0.167 e. The lowest BCUT2D eigenvalue weighted by Crippen LogP contribution is -2.21. The van der Waals surface area contributed by atoms with Gasteiger partial charge in [0.1, 0.15) is 0 Å². The topological polar surface area (TPSA) is 17.1 Å². The van der Waals surface area contributed by atoms with Gasteiger partial charge in [0.25, 0.3) is 0 Å². The van der Waals surface area contributed by atoms with E-state index in [0.717, 1.165) is 38.8 Å². The van der Waals surface area contributed by atoms with Crippen molar-refractivity contribution in [1.29, 1.82) is 0 Å². The Morgan fingerprint density at radius 2 is 1.72 bits per heavy atom. The van der Waals surface area contributed by atoms with Crippen molar-refractivity contribution in [2.24, 2.45) is 11.8 Å². The van der Waals surface area contributed by atoms with E-state index >= 15 is 0 Å². The van der Waals surface area contributed by atoms with Crippen LogP contribution in [0.25, 0.3) is 0 Å². The Bertz CT molecular complexity index is 460. The van der Waals surface area contributed by atoms with Gasteiger partial charge in [-0.25, -0.2) is 0 Å². The summed E-state index contributed by atoms with van der Waals surface area (Å²) in [6, 6.07) is 3.97. The molecule has 0 unspecified atom stereocenters. The molecule has 0 aliphatic heterocycles. The van der Waals surface area contributed by atoms with Crippen LogP contribution in [-0.4, -0.2) is 5.78 Å². The Hall–Kier alpha value is -0.150. The summed E-state index contributed by atoms with van der Waals surface area (Å²) in [4.78, 5) is 12.5. The lowest BCUT2D eigenvalue weighted by Gasteiger charge is -2.25. The standard InChI is InChI=1S/C15H18Br2O/c1-9-3-5-11(6-4-9)15(18)12-8-13(16)10(2)7-14(12)17/h7-9,11H,3-6H2,1-2H3. The molecule has 98 valence electrons. The molecule has 0 bridgehead atoms. The maximum absolute atomic E-state index is 12.5. The van der Waals surface area contributed by atoms with Crippen molar-refractivity contribution in [2.45, 2.75) is 39.5 Å². The van der Waals surface area contributed by atoms with Gasteiger partial charge in [-0.15, -0.1) is 0 Å². The number of carbonyl (C=O) groups is 1. The first kappa shape index (κ1) is 14.3. The van der Waals surface area contributed by atoms with Gasteiger partial charge >= 0.3 is 0 Å². The van der Waals surface area contributed by atoms with Crippen LogP contribution < -0.4 is 0 Å².